The van der Waals surface area contributed by atoms with E-state index >= 15 is 0 Å². The van der Waals surface area contributed by atoms with Crippen LogP contribution in [0.5, 0.6) is 0 Å². The third-order valence-electron chi connectivity index (χ3n) is 2.82. The molecule has 1 rings (SSSR count). The smallest absolute Gasteiger partial charge is 0.410 e. The second kappa shape index (κ2) is 4.89. The summed E-state index contributed by atoms with van der Waals surface area (Å²) in [5.74, 6) is 0. The molecule has 1 amide bonds. The second-order valence-electron chi connectivity index (χ2n) is 5.41. The molecule has 1 heterocycles. The fourth-order valence-corrected chi connectivity index (χ4v) is 1.98. The van der Waals surface area contributed by atoms with Gasteiger partial charge >= 0.3 is 6.09 Å². The summed E-state index contributed by atoms with van der Waals surface area (Å²) in [6, 6.07) is -1.09. The molecule has 0 aromatic carbocycles. The Morgan fingerprint density at radius 3 is 2.59 bits per heavy atom. The van der Waals surface area contributed by atoms with Gasteiger partial charge in [-0.2, -0.15) is 0 Å². The SMILES string of the molecule is CC(C1CCCN1C(=O)OC(C)(C)C)[N+](=O)[O-]. The van der Waals surface area contributed by atoms with Gasteiger partial charge in [0.1, 0.15) is 11.6 Å². The highest BCUT2D eigenvalue weighted by Crippen LogP contribution is 2.24. The Morgan fingerprint density at radius 2 is 2.12 bits per heavy atom. The Labute approximate surface area is 101 Å². The molecule has 6 heteroatoms. The number of hydrogen-bond donors (Lipinski definition) is 0. The van der Waals surface area contributed by atoms with Gasteiger partial charge in [0, 0.05) is 18.4 Å². The van der Waals surface area contributed by atoms with Gasteiger partial charge in [-0.1, -0.05) is 0 Å². The molecule has 6 nitrogen and oxygen atoms in total. The molecular formula is C11H20N2O4. The Hall–Kier alpha value is -1.33. The summed E-state index contributed by atoms with van der Waals surface area (Å²) in [5, 5.41) is 10.8. The highest BCUT2D eigenvalue weighted by Gasteiger charge is 2.40. The Morgan fingerprint density at radius 1 is 1.53 bits per heavy atom. The molecule has 2 unspecified atom stereocenters. The maximum atomic E-state index is 11.9. The first-order chi connectivity index (χ1) is 7.72. The summed E-state index contributed by atoms with van der Waals surface area (Å²) >= 11 is 0. The van der Waals surface area contributed by atoms with Crippen LogP contribution >= 0.6 is 0 Å². The summed E-state index contributed by atoms with van der Waals surface area (Å²) in [6.45, 7) is 7.43. The molecule has 0 aromatic rings. The van der Waals surface area contributed by atoms with Gasteiger partial charge < -0.3 is 4.74 Å². The zero-order chi connectivity index (χ0) is 13.2. The van der Waals surface area contributed by atoms with Gasteiger partial charge in [0.05, 0.1) is 0 Å². The molecule has 98 valence electrons. The normalized spacial score (nSPS) is 22.4. The van der Waals surface area contributed by atoms with Crippen molar-refractivity contribution < 1.29 is 14.5 Å². The molecule has 0 spiro atoms. The number of rotatable bonds is 2. The summed E-state index contributed by atoms with van der Waals surface area (Å²) in [6.07, 6.45) is 1.01. The molecule has 0 bridgehead atoms. The van der Waals surface area contributed by atoms with Crippen LogP contribution in [0, 0.1) is 10.1 Å². The van der Waals surface area contributed by atoms with Crippen molar-refractivity contribution in [2.75, 3.05) is 6.54 Å². The van der Waals surface area contributed by atoms with Gasteiger partial charge in [0.2, 0.25) is 6.04 Å². The molecule has 1 aliphatic heterocycles. The third-order valence-corrected chi connectivity index (χ3v) is 2.82. The summed E-state index contributed by atoms with van der Waals surface area (Å²) in [5.41, 5.74) is -0.567. The molecule has 0 saturated carbocycles. The predicted octanol–water partition coefficient (Wildman–Crippen LogP) is 2.05. The first-order valence-corrected chi connectivity index (χ1v) is 5.85. The number of amides is 1. The zero-order valence-corrected chi connectivity index (χ0v) is 10.8. The average Bonchev–Trinajstić information content (AvgIpc) is 2.61. The van der Waals surface area contributed by atoms with E-state index in [-0.39, 0.29) is 11.0 Å². The van der Waals surface area contributed by atoms with Crippen LogP contribution < -0.4 is 0 Å². The number of nitro groups is 1. The van der Waals surface area contributed by atoms with Gasteiger partial charge in [-0.15, -0.1) is 0 Å². The monoisotopic (exact) mass is 244 g/mol. The van der Waals surface area contributed by atoms with Crippen molar-refractivity contribution >= 4 is 6.09 Å². The van der Waals surface area contributed by atoms with E-state index in [4.69, 9.17) is 4.74 Å². The Bertz CT molecular complexity index is 311. The number of likely N-dealkylation sites (tertiary alicyclic amines) is 1. The number of hydrogen-bond acceptors (Lipinski definition) is 4. The van der Waals surface area contributed by atoms with Crippen molar-refractivity contribution in [3.8, 4) is 0 Å². The molecule has 1 saturated heterocycles. The van der Waals surface area contributed by atoms with Crippen molar-refractivity contribution in [1.82, 2.24) is 4.90 Å². The zero-order valence-electron chi connectivity index (χ0n) is 10.8. The fourth-order valence-electron chi connectivity index (χ4n) is 1.98. The van der Waals surface area contributed by atoms with Crippen LogP contribution in [-0.4, -0.2) is 40.1 Å². The maximum Gasteiger partial charge on any atom is 0.410 e. The number of nitrogens with zero attached hydrogens (tertiary/aromatic N) is 2. The quantitative estimate of drug-likeness (QED) is 0.550. The molecule has 0 aliphatic carbocycles. The number of carbonyl (C=O) groups excluding carboxylic acids is 1. The number of ether oxygens (including phenoxy) is 1. The minimum atomic E-state index is -0.745. The predicted molar refractivity (Wildman–Crippen MR) is 62.4 cm³/mol. The van der Waals surface area contributed by atoms with Crippen LogP contribution in [0.3, 0.4) is 0 Å². The molecule has 17 heavy (non-hydrogen) atoms. The summed E-state index contributed by atoms with van der Waals surface area (Å²) < 4.78 is 5.25. The first-order valence-electron chi connectivity index (χ1n) is 5.85. The van der Waals surface area contributed by atoms with Crippen molar-refractivity contribution in [1.29, 1.82) is 0 Å². The Kier molecular flexibility index (Phi) is 3.95. The van der Waals surface area contributed by atoms with E-state index in [0.717, 1.165) is 6.42 Å². The largest absolute Gasteiger partial charge is 0.444 e. The minimum absolute atomic E-state index is 0.340. The average molecular weight is 244 g/mol. The lowest BCUT2D eigenvalue weighted by atomic mass is 10.1. The van der Waals surface area contributed by atoms with Gasteiger partial charge in [-0.05, 0) is 33.6 Å². The van der Waals surface area contributed by atoms with Crippen LogP contribution in [0.1, 0.15) is 40.5 Å². The topological polar surface area (TPSA) is 72.7 Å². The van der Waals surface area contributed by atoms with E-state index in [9.17, 15) is 14.9 Å². The highest BCUT2D eigenvalue weighted by atomic mass is 16.6. The number of carbonyl (C=O) groups is 1. The highest BCUT2D eigenvalue weighted by molar-refractivity contribution is 5.69. The third kappa shape index (κ3) is 3.57. The molecule has 0 N–H and O–H groups in total. The second-order valence-corrected chi connectivity index (χ2v) is 5.41. The van der Waals surface area contributed by atoms with Crippen LogP contribution in [0.15, 0.2) is 0 Å². The van der Waals surface area contributed by atoms with Crippen molar-refractivity contribution in [3.63, 3.8) is 0 Å². The van der Waals surface area contributed by atoms with Gasteiger partial charge in [0.15, 0.2) is 0 Å². The molecule has 0 radical (unpaired) electrons. The minimum Gasteiger partial charge on any atom is -0.444 e. The van der Waals surface area contributed by atoms with Gasteiger partial charge in [0.25, 0.3) is 0 Å². The lowest BCUT2D eigenvalue weighted by Crippen LogP contribution is -2.46. The van der Waals surface area contributed by atoms with E-state index < -0.39 is 17.7 Å². The maximum absolute atomic E-state index is 11.9. The van der Waals surface area contributed by atoms with Gasteiger partial charge in [-0.25, -0.2) is 4.79 Å². The summed E-state index contributed by atoms with van der Waals surface area (Å²) in [4.78, 5) is 23.8. The van der Waals surface area contributed by atoms with Crippen molar-refractivity contribution in [2.45, 2.75) is 58.2 Å². The van der Waals surface area contributed by atoms with Crippen LogP contribution in [0.4, 0.5) is 4.79 Å². The molecule has 0 aromatic heterocycles. The van der Waals surface area contributed by atoms with Crippen LogP contribution in [0.2, 0.25) is 0 Å². The van der Waals surface area contributed by atoms with E-state index in [1.165, 1.54) is 11.8 Å². The Balaban J connectivity index is 2.69. The van der Waals surface area contributed by atoms with Crippen molar-refractivity contribution in [3.05, 3.63) is 10.1 Å². The van der Waals surface area contributed by atoms with E-state index in [2.05, 4.69) is 0 Å². The molecule has 1 fully saturated rings. The lowest BCUT2D eigenvalue weighted by Gasteiger charge is -2.28. The van der Waals surface area contributed by atoms with Gasteiger partial charge in [-0.3, -0.25) is 15.0 Å². The van der Waals surface area contributed by atoms with Crippen molar-refractivity contribution in [2.24, 2.45) is 0 Å². The fraction of sp³-hybridized carbons (Fsp3) is 0.909. The first kappa shape index (κ1) is 13.7. The lowest BCUT2D eigenvalue weighted by molar-refractivity contribution is -0.524. The molecule has 2 atom stereocenters. The standard InChI is InChI=1S/C11H20N2O4/c1-8(13(15)16)9-6-5-7-12(9)10(14)17-11(2,3)4/h8-9H,5-7H2,1-4H3. The van der Waals surface area contributed by atoms with E-state index in [1.807, 2.05) is 0 Å². The van der Waals surface area contributed by atoms with Crippen LogP contribution in [0.25, 0.3) is 0 Å². The van der Waals surface area contributed by atoms with Crippen LogP contribution in [-0.2, 0) is 4.74 Å². The van der Waals surface area contributed by atoms with E-state index in [0.29, 0.717) is 13.0 Å². The molecular weight excluding hydrogens is 224 g/mol. The summed E-state index contributed by atoms with van der Waals surface area (Å²) in [7, 11) is 0. The molecule has 1 aliphatic rings. The van der Waals surface area contributed by atoms with E-state index in [1.54, 1.807) is 20.8 Å².